The van der Waals surface area contributed by atoms with Gasteiger partial charge in [0.1, 0.15) is 0 Å². The lowest BCUT2D eigenvalue weighted by Crippen LogP contribution is -2.54. The van der Waals surface area contributed by atoms with Crippen LogP contribution >= 0.6 is 0 Å². The summed E-state index contributed by atoms with van der Waals surface area (Å²) in [6, 6.07) is 0. The number of hydrogen-bond donors (Lipinski definition) is 2. The van der Waals surface area contributed by atoms with E-state index in [1.165, 1.54) is 0 Å². The Morgan fingerprint density at radius 3 is 2.38 bits per heavy atom. The molecule has 1 saturated heterocycles. The first-order chi connectivity index (χ1) is 7.28. The van der Waals surface area contributed by atoms with Gasteiger partial charge in [-0.25, -0.2) is 0 Å². The fraction of sp³-hybridized carbons (Fsp3) is 0.818. The number of carbonyl (C=O) groups excluding carboxylic acids is 1. The molecular weight excluding hydrogens is 208 g/mol. The topological polar surface area (TPSA) is 69.6 Å². The number of rotatable bonds is 4. The summed E-state index contributed by atoms with van der Waals surface area (Å²) >= 11 is 0. The van der Waals surface area contributed by atoms with Crippen molar-refractivity contribution in [3.63, 3.8) is 0 Å². The Morgan fingerprint density at radius 1 is 1.38 bits per heavy atom. The Bertz CT molecular complexity index is 277. The number of carbonyl (C=O) groups is 2. The van der Waals surface area contributed by atoms with Crippen LogP contribution in [0.5, 0.6) is 0 Å². The van der Waals surface area contributed by atoms with Gasteiger partial charge in [-0.2, -0.15) is 0 Å². The van der Waals surface area contributed by atoms with Gasteiger partial charge in [0.05, 0.1) is 13.0 Å². The number of amides is 1. The summed E-state index contributed by atoms with van der Waals surface area (Å²) in [6.45, 7) is 7.49. The molecule has 0 aromatic carbocycles. The second-order valence-corrected chi connectivity index (χ2v) is 5.37. The van der Waals surface area contributed by atoms with Gasteiger partial charge in [-0.1, -0.05) is 0 Å². The number of carboxylic acids is 1. The SMILES string of the molecule is CC(C)(C)NCC(=O)N1CC(CC(=O)O)C1. The van der Waals surface area contributed by atoms with Crippen molar-refractivity contribution in [2.45, 2.75) is 32.7 Å². The third-order valence-electron chi connectivity index (χ3n) is 2.54. The van der Waals surface area contributed by atoms with Crippen molar-refractivity contribution in [2.75, 3.05) is 19.6 Å². The van der Waals surface area contributed by atoms with Crippen LogP contribution in [0.3, 0.4) is 0 Å². The molecule has 0 saturated carbocycles. The number of aliphatic carboxylic acids is 1. The molecule has 2 N–H and O–H groups in total. The largest absolute Gasteiger partial charge is 0.481 e. The zero-order valence-electron chi connectivity index (χ0n) is 10.1. The maximum atomic E-state index is 11.6. The van der Waals surface area contributed by atoms with Gasteiger partial charge in [-0.05, 0) is 20.8 Å². The lowest BCUT2D eigenvalue weighted by Gasteiger charge is -2.39. The van der Waals surface area contributed by atoms with E-state index in [2.05, 4.69) is 5.32 Å². The lowest BCUT2D eigenvalue weighted by molar-refractivity contribution is -0.144. The second kappa shape index (κ2) is 4.82. The minimum absolute atomic E-state index is 0.0524. The minimum Gasteiger partial charge on any atom is -0.481 e. The predicted molar refractivity (Wildman–Crippen MR) is 60.1 cm³/mol. The van der Waals surface area contributed by atoms with Crippen LogP contribution in [0.25, 0.3) is 0 Å². The molecule has 1 rings (SSSR count). The van der Waals surface area contributed by atoms with E-state index in [1.807, 2.05) is 20.8 Å². The van der Waals surface area contributed by atoms with E-state index < -0.39 is 5.97 Å². The molecule has 1 fully saturated rings. The van der Waals surface area contributed by atoms with Crippen molar-refractivity contribution in [1.29, 1.82) is 0 Å². The van der Waals surface area contributed by atoms with Crippen LogP contribution < -0.4 is 5.32 Å². The average Bonchev–Trinajstić information content (AvgIpc) is 2.05. The Kier molecular flexibility index (Phi) is 3.91. The van der Waals surface area contributed by atoms with Crippen LogP contribution in [0, 0.1) is 5.92 Å². The Morgan fingerprint density at radius 2 is 1.94 bits per heavy atom. The summed E-state index contributed by atoms with van der Waals surface area (Å²) in [5.74, 6) is -0.599. The molecular formula is C11H20N2O3. The molecule has 0 aromatic heterocycles. The molecule has 0 bridgehead atoms. The van der Waals surface area contributed by atoms with E-state index in [4.69, 9.17) is 5.11 Å². The van der Waals surface area contributed by atoms with Crippen LogP contribution in [-0.4, -0.2) is 47.1 Å². The maximum absolute atomic E-state index is 11.6. The fourth-order valence-corrected chi connectivity index (χ4v) is 1.60. The zero-order chi connectivity index (χ0) is 12.3. The molecule has 5 heteroatoms. The molecule has 92 valence electrons. The summed E-state index contributed by atoms with van der Waals surface area (Å²) in [6.07, 6.45) is 0.163. The second-order valence-electron chi connectivity index (χ2n) is 5.37. The Labute approximate surface area is 95.8 Å². The van der Waals surface area contributed by atoms with Crippen molar-refractivity contribution in [3.8, 4) is 0 Å². The summed E-state index contributed by atoms with van der Waals surface area (Å²) in [5.41, 5.74) is -0.0685. The summed E-state index contributed by atoms with van der Waals surface area (Å²) in [4.78, 5) is 23.7. The molecule has 1 heterocycles. The molecule has 0 atom stereocenters. The normalized spacial score (nSPS) is 17.1. The third-order valence-corrected chi connectivity index (χ3v) is 2.54. The molecule has 1 amide bonds. The van der Waals surface area contributed by atoms with Gasteiger partial charge in [-0.3, -0.25) is 9.59 Å². The van der Waals surface area contributed by atoms with Gasteiger partial charge in [0, 0.05) is 24.5 Å². The number of nitrogens with zero attached hydrogens (tertiary/aromatic N) is 1. The molecule has 1 aliphatic rings. The van der Waals surface area contributed by atoms with E-state index in [1.54, 1.807) is 4.90 Å². The van der Waals surface area contributed by atoms with Crippen molar-refractivity contribution in [3.05, 3.63) is 0 Å². The van der Waals surface area contributed by atoms with Gasteiger partial charge < -0.3 is 15.3 Å². The molecule has 0 radical (unpaired) electrons. The highest BCUT2D eigenvalue weighted by atomic mass is 16.4. The Balaban J connectivity index is 2.19. The van der Waals surface area contributed by atoms with Crippen LogP contribution in [0.2, 0.25) is 0 Å². The van der Waals surface area contributed by atoms with E-state index in [0.29, 0.717) is 19.6 Å². The molecule has 0 spiro atoms. The van der Waals surface area contributed by atoms with Crippen LogP contribution in [-0.2, 0) is 9.59 Å². The van der Waals surface area contributed by atoms with E-state index in [9.17, 15) is 9.59 Å². The highest BCUT2D eigenvalue weighted by Gasteiger charge is 2.31. The van der Waals surface area contributed by atoms with Gasteiger partial charge in [-0.15, -0.1) is 0 Å². The fourth-order valence-electron chi connectivity index (χ4n) is 1.60. The molecule has 16 heavy (non-hydrogen) atoms. The highest BCUT2D eigenvalue weighted by molar-refractivity contribution is 5.79. The predicted octanol–water partition coefficient (Wildman–Crippen LogP) is 0.308. The van der Waals surface area contributed by atoms with Crippen molar-refractivity contribution < 1.29 is 14.7 Å². The molecule has 0 aliphatic carbocycles. The molecule has 0 aromatic rings. The van der Waals surface area contributed by atoms with Gasteiger partial charge in [0.2, 0.25) is 5.91 Å². The van der Waals surface area contributed by atoms with Crippen molar-refractivity contribution in [1.82, 2.24) is 10.2 Å². The first kappa shape index (κ1) is 13.0. The smallest absolute Gasteiger partial charge is 0.303 e. The van der Waals surface area contributed by atoms with Crippen LogP contribution in [0.15, 0.2) is 0 Å². The van der Waals surface area contributed by atoms with Gasteiger partial charge >= 0.3 is 5.97 Å². The first-order valence-corrected chi connectivity index (χ1v) is 5.52. The number of hydrogen-bond acceptors (Lipinski definition) is 3. The molecule has 1 aliphatic heterocycles. The highest BCUT2D eigenvalue weighted by Crippen LogP contribution is 2.18. The quantitative estimate of drug-likeness (QED) is 0.726. The summed E-state index contributed by atoms with van der Waals surface area (Å²) in [7, 11) is 0. The van der Waals surface area contributed by atoms with Crippen LogP contribution in [0.1, 0.15) is 27.2 Å². The van der Waals surface area contributed by atoms with E-state index in [-0.39, 0.29) is 23.8 Å². The standard InChI is InChI=1S/C11H20N2O3/c1-11(2,3)12-5-9(14)13-6-8(7-13)4-10(15)16/h8,12H,4-7H2,1-3H3,(H,15,16). The first-order valence-electron chi connectivity index (χ1n) is 5.52. The van der Waals surface area contributed by atoms with Crippen molar-refractivity contribution in [2.24, 2.45) is 5.92 Å². The Hall–Kier alpha value is -1.10. The monoisotopic (exact) mass is 228 g/mol. The minimum atomic E-state index is -0.787. The number of likely N-dealkylation sites (tertiary alicyclic amines) is 1. The van der Waals surface area contributed by atoms with E-state index >= 15 is 0 Å². The van der Waals surface area contributed by atoms with Gasteiger partial charge in [0.15, 0.2) is 0 Å². The molecule has 0 unspecified atom stereocenters. The molecule has 5 nitrogen and oxygen atoms in total. The summed E-state index contributed by atoms with van der Waals surface area (Å²) in [5, 5.41) is 11.7. The van der Waals surface area contributed by atoms with Crippen LogP contribution in [0.4, 0.5) is 0 Å². The maximum Gasteiger partial charge on any atom is 0.303 e. The third kappa shape index (κ3) is 4.18. The lowest BCUT2D eigenvalue weighted by atomic mass is 9.96. The summed E-state index contributed by atoms with van der Waals surface area (Å²) < 4.78 is 0. The number of nitrogens with one attached hydrogen (secondary N) is 1. The zero-order valence-corrected chi connectivity index (χ0v) is 10.1. The average molecular weight is 228 g/mol. The van der Waals surface area contributed by atoms with E-state index in [0.717, 1.165) is 0 Å². The number of carboxylic acid groups (broad SMARTS) is 1. The van der Waals surface area contributed by atoms with Crippen molar-refractivity contribution >= 4 is 11.9 Å². The van der Waals surface area contributed by atoms with Gasteiger partial charge in [0.25, 0.3) is 0 Å².